The van der Waals surface area contributed by atoms with Crippen LogP contribution in [0.15, 0.2) is 18.3 Å². The number of hydrogen-bond acceptors (Lipinski definition) is 2. The topological polar surface area (TPSA) is 33.1 Å². The molecule has 3 heteroatoms. The van der Waals surface area contributed by atoms with Crippen molar-refractivity contribution in [1.29, 1.82) is 0 Å². The Morgan fingerprint density at radius 2 is 2.45 bits per heavy atom. The molecule has 56 valence electrons. The van der Waals surface area contributed by atoms with Crippen molar-refractivity contribution >= 4 is 0 Å². The Bertz CT molecular complexity index is 300. The van der Waals surface area contributed by atoms with E-state index >= 15 is 0 Å². The lowest BCUT2D eigenvalue weighted by Gasteiger charge is -1.87. The van der Waals surface area contributed by atoms with Crippen LogP contribution in [0.1, 0.15) is 5.69 Å². The van der Waals surface area contributed by atoms with Crippen molar-refractivity contribution < 1.29 is 9.50 Å². The fourth-order valence-electron chi connectivity index (χ4n) is 0.603. The van der Waals surface area contributed by atoms with Crippen LogP contribution in [0.2, 0.25) is 0 Å². The first-order valence-corrected chi connectivity index (χ1v) is 3.04. The first-order valence-electron chi connectivity index (χ1n) is 3.04. The average Bonchev–Trinajstić information content (AvgIpc) is 2.01. The lowest BCUT2D eigenvalue weighted by atomic mass is 10.3. The van der Waals surface area contributed by atoms with E-state index in [4.69, 9.17) is 5.11 Å². The van der Waals surface area contributed by atoms with Gasteiger partial charge in [-0.2, -0.15) is 0 Å². The molecule has 0 aliphatic heterocycles. The van der Waals surface area contributed by atoms with Gasteiger partial charge in [0, 0.05) is 12.3 Å². The second kappa shape index (κ2) is 3.69. The Balaban J connectivity index is 2.87. The van der Waals surface area contributed by atoms with Gasteiger partial charge in [0.2, 0.25) is 0 Å². The summed E-state index contributed by atoms with van der Waals surface area (Å²) in [5, 5.41) is 8.30. The Kier molecular flexibility index (Phi) is 2.59. The number of nitrogens with zero attached hydrogens (tertiary/aromatic N) is 1. The predicted octanol–water partition coefficient (Wildman–Crippen LogP) is 0.564. The SMILES string of the molecule is OCC#Cc1cc(F)ccn1. The first-order chi connectivity index (χ1) is 5.33. The van der Waals surface area contributed by atoms with Crippen LogP contribution in [0.25, 0.3) is 0 Å². The fraction of sp³-hybridized carbons (Fsp3) is 0.125. The van der Waals surface area contributed by atoms with E-state index in [1.165, 1.54) is 18.3 Å². The summed E-state index contributed by atoms with van der Waals surface area (Å²) in [7, 11) is 0. The van der Waals surface area contributed by atoms with E-state index < -0.39 is 0 Å². The van der Waals surface area contributed by atoms with Gasteiger partial charge in [0.25, 0.3) is 0 Å². The maximum Gasteiger partial charge on any atom is 0.127 e. The van der Waals surface area contributed by atoms with Crippen LogP contribution >= 0.6 is 0 Å². The molecule has 1 aromatic rings. The molecular formula is C8H6FNO. The highest BCUT2D eigenvalue weighted by molar-refractivity contribution is 5.27. The molecule has 1 rings (SSSR count). The maximum atomic E-state index is 12.4. The van der Waals surface area contributed by atoms with Gasteiger partial charge in [0.15, 0.2) is 0 Å². The highest BCUT2D eigenvalue weighted by atomic mass is 19.1. The van der Waals surface area contributed by atoms with Gasteiger partial charge in [-0.05, 0) is 12.0 Å². The third-order valence-electron chi connectivity index (χ3n) is 1.02. The smallest absolute Gasteiger partial charge is 0.127 e. The first kappa shape index (κ1) is 7.70. The number of halogens is 1. The van der Waals surface area contributed by atoms with Gasteiger partial charge in [0.05, 0.1) is 0 Å². The molecule has 11 heavy (non-hydrogen) atoms. The zero-order valence-corrected chi connectivity index (χ0v) is 5.71. The molecule has 0 saturated heterocycles. The van der Waals surface area contributed by atoms with E-state index in [2.05, 4.69) is 16.8 Å². The molecule has 1 N–H and O–H groups in total. The standard InChI is InChI=1S/C8H6FNO/c9-7-3-4-10-8(6-7)2-1-5-11/h3-4,6,11H,5H2. The van der Waals surface area contributed by atoms with Crippen molar-refractivity contribution in [2.75, 3.05) is 6.61 Å². The third kappa shape index (κ3) is 2.36. The Hall–Kier alpha value is -1.40. The van der Waals surface area contributed by atoms with E-state index in [1.54, 1.807) is 0 Å². The number of pyridine rings is 1. The van der Waals surface area contributed by atoms with E-state index in [0.717, 1.165) is 0 Å². The fourth-order valence-corrected chi connectivity index (χ4v) is 0.603. The summed E-state index contributed by atoms with van der Waals surface area (Å²) in [4.78, 5) is 3.75. The zero-order valence-electron chi connectivity index (χ0n) is 5.71. The molecule has 1 heterocycles. The van der Waals surface area contributed by atoms with Crippen LogP contribution in [0, 0.1) is 17.7 Å². The van der Waals surface area contributed by atoms with Crippen molar-refractivity contribution in [3.63, 3.8) is 0 Å². The molecule has 0 bridgehead atoms. The molecule has 0 amide bonds. The number of aliphatic hydroxyl groups is 1. The van der Waals surface area contributed by atoms with Gasteiger partial charge in [-0.25, -0.2) is 9.37 Å². The largest absolute Gasteiger partial charge is 0.384 e. The Labute approximate surface area is 63.7 Å². The molecule has 0 atom stereocenters. The van der Waals surface area contributed by atoms with Crippen LogP contribution in [0.3, 0.4) is 0 Å². The molecule has 1 aromatic heterocycles. The molecule has 0 aromatic carbocycles. The summed E-state index contributed by atoms with van der Waals surface area (Å²) in [6, 6.07) is 2.45. The van der Waals surface area contributed by atoms with Crippen molar-refractivity contribution in [2.24, 2.45) is 0 Å². The minimum atomic E-state index is -0.373. The normalized spacial score (nSPS) is 8.55. The lowest BCUT2D eigenvalue weighted by Crippen LogP contribution is -1.83. The molecule has 0 saturated carbocycles. The van der Waals surface area contributed by atoms with Gasteiger partial charge in [0.1, 0.15) is 18.1 Å². The third-order valence-corrected chi connectivity index (χ3v) is 1.02. The average molecular weight is 151 g/mol. The zero-order chi connectivity index (χ0) is 8.10. The van der Waals surface area contributed by atoms with E-state index in [0.29, 0.717) is 5.69 Å². The molecule has 0 fully saturated rings. The van der Waals surface area contributed by atoms with Crippen LogP contribution in [0.4, 0.5) is 4.39 Å². The molecule has 0 radical (unpaired) electrons. The second-order valence-electron chi connectivity index (χ2n) is 1.82. The summed E-state index contributed by atoms with van der Waals surface area (Å²) < 4.78 is 12.4. The second-order valence-corrected chi connectivity index (χ2v) is 1.82. The van der Waals surface area contributed by atoms with Crippen molar-refractivity contribution in [3.8, 4) is 11.8 Å². The monoisotopic (exact) mass is 151 g/mol. The summed E-state index contributed by atoms with van der Waals surface area (Å²) in [6.07, 6.45) is 1.33. The van der Waals surface area contributed by atoms with Gasteiger partial charge >= 0.3 is 0 Å². The molecule has 0 spiro atoms. The summed E-state index contributed by atoms with van der Waals surface area (Å²) in [6.45, 7) is -0.238. The van der Waals surface area contributed by atoms with E-state index in [9.17, 15) is 4.39 Å². The van der Waals surface area contributed by atoms with E-state index in [1.807, 2.05) is 0 Å². The highest BCUT2D eigenvalue weighted by Crippen LogP contribution is 1.96. The minimum Gasteiger partial charge on any atom is -0.384 e. The van der Waals surface area contributed by atoms with Gasteiger partial charge in [-0.15, -0.1) is 0 Å². The predicted molar refractivity (Wildman–Crippen MR) is 38.2 cm³/mol. The van der Waals surface area contributed by atoms with E-state index in [-0.39, 0.29) is 12.4 Å². The summed E-state index contributed by atoms with van der Waals surface area (Å²) in [5.74, 6) is 4.48. The molecule has 2 nitrogen and oxygen atoms in total. The quantitative estimate of drug-likeness (QED) is 0.550. The highest BCUT2D eigenvalue weighted by Gasteiger charge is 1.89. The van der Waals surface area contributed by atoms with Crippen LogP contribution in [-0.2, 0) is 0 Å². The van der Waals surface area contributed by atoms with Gasteiger partial charge in [-0.1, -0.05) is 5.92 Å². The molecule has 0 unspecified atom stereocenters. The van der Waals surface area contributed by atoms with Crippen molar-refractivity contribution in [1.82, 2.24) is 4.98 Å². The summed E-state index contributed by atoms with van der Waals surface area (Å²) in [5.41, 5.74) is 0.332. The van der Waals surface area contributed by atoms with Gasteiger partial charge in [-0.3, -0.25) is 0 Å². The molecule has 0 aliphatic rings. The number of aromatic nitrogens is 1. The van der Waals surface area contributed by atoms with Crippen molar-refractivity contribution in [2.45, 2.75) is 0 Å². The van der Waals surface area contributed by atoms with Gasteiger partial charge < -0.3 is 5.11 Å². The maximum absolute atomic E-state index is 12.4. The number of aliphatic hydroxyl groups excluding tert-OH is 1. The molecule has 0 aliphatic carbocycles. The minimum absolute atomic E-state index is 0.238. The lowest BCUT2D eigenvalue weighted by molar-refractivity contribution is 0.350. The van der Waals surface area contributed by atoms with Crippen LogP contribution in [0.5, 0.6) is 0 Å². The summed E-state index contributed by atoms with van der Waals surface area (Å²) >= 11 is 0. The van der Waals surface area contributed by atoms with Crippen LogP contribution < -0.4 is 0 Å². The molecular weight excluding hydrogens is 145 g/mol. The Morgan fingerprint density at radius 1 is 1.64 bits per heavy atom. The van der Waals surface area contributed by atoms with Crippen LogP contribution in [-0.4, -0.2) is 16.7 Å². The number of hydrogen-bond donors (Lipinski definition) is 1. The number of rotatable bonds is 0. The van der Waals surface area contributed by atoms with Crippen molar-refractivity contribution in [3.05, 3.63) is 29.8 Å². The Morgan fingerprint density at radius 3 is 3.09 bits per heavy atom.